The molecule has 0 amide bonds. The van der Waals surface area contributed by atoms with Gasteiger partial charge in [-0.05, 0) is 51.4 Å². The van der Waals surface area contributed by atoms with Crippen LogP contribution in [0.1, 0.15) is 213 Å². The molecule has 3 nitrogen and oxygen atoms in total. The van der Waals surface area contributed by atoms with E-state index in [9.17, 15) is 9.90 Å². The lowest BCUT2D eigenvalue weighted by Crippen LogP contribution is -2.13. The van der Waals surface area contributed by atoms with Crippen molar-refractivity contribution in [1.29, 1.82) is 0 Å². The molecule has 0 aromatic carbocycles. The van der Waals surface area contributed by atoms with Crippen molar-refractivity contribution >= 4 is 5.97 Å². The van der Waals surface area contributed by atoms with Crippen LogP contribution < -0.4 is 0 Å². The Morgan fingerprint density at radius 1 is 0.488 bits per heavy atom. The fraction of sp³-hybridized carbons (Fsp3) is 0.875. The molecule has 0 saturated heterocycles. The Labute approximate surface area is 270 Å². The molecule has 0 unspecified atom stereocenters. The predicted octanol–water partition coefficient (Wildman–Crippen LogP) is 13.1. The van der Waals surface area contributed by atoms with Crippen molar-refractivity contribution in [3.8, 4) is 0 Å². The fourth-order valence-electron chi connectivity index (χ4n) is 5.69. The van der Waals surface area contributed by atoms with Crippen LogP contribution in [-0.4, -0.2) is 23.8 Å². The van der Waals surface area contributed by atoms with Crippen LogP contribution >= 0.6 is 0 Å². The number of carbonyl (C=O) groups excluding carboxylic acids is 1. The number of unbranched alkanes of at least 4 members (excludes halogenated alkanes) is 24. The van der Waals surface area contributed by atoms with E-state index in [2.05, 4.69) is 38.2 Å². The summed E-state index contributed by atoms with van der Waals surface area (Å²) in [6.07, 6.45) is 47.3. The number of hydrogen-bond acceptors (Lipinski definition) is 3. The summed E-state index contributed by atoms with van der Waals surface area (Å²) in [6, 6.07) is 0. The van der Waals surface area contributed by atoms with Crippen molar-refractivity contribution in [1.82, 2.24) is 0 Å². The summed E-state index contributed by atoms with van der Waals surface area (Å²) in [5, 5.41) is 10.2. The van der Waals surface area contributed by atoms with Crippen LogP contribution in [-0.2, 0) is 9.53 Å². The first-order chi connectivity index (χ1) is 21.2. The number of ether oxygens (including phenoxy) is 1. The van der Waals surface area contributed by atoms with E-state index < -0.39 is 0 Å². The fourth-order valence-corrected chi connectivity index (χ4v) is 5.69. The predicted molar refractivity (Wildman–Crippen MR) is 190 cm³/mol. The lowest BCUT2D eigenvalue weighted by atomic mass is 10.0. The van der Waals surface area contributed by atoms with Gasteiger partial charge >= 0.3 is 5.97 Å². The maximum absolute atomic E-state index is 11.9. The molecule has 0 aromatic rings. The van der Waals surface area contributed by atoms with Crippen LogP contribution in [0.25, 0.3) is 0 Å². The van der Waals surface area contributed by atoms with Crippen LogP contribution in [0, 0.1) is 0 Å². The van der Waals surface area contributed by atoms with Crippen molar-refractivity contribution in [2.75, 3.05) is 6.61 Å². The SMILES string of the molecule is CCCCCCCC/C=C\CCCCCCC[C@@H](O)CCOC(=O)CC/C=C\CCCCCCCCCCCCCCC. The largest absolute Gasteiger partial charge is 0.466 e. The zero-order chi connectivity index (χ0) is 31.3. The first kappa shape index (κ1) is 41.9. The van der Waals surface area contributed by atoms with Gasteiger partial charge in [-0.3, -0.25) is 4.79 Å². The molecule has 0 heterocycles. The number of carbonyl (C=O) groups is 1. The second kappa shape index (κ2) is 37.1. The minimum Gasteiger partial charge on any atom is -0.466 e. The summed E-state index contributed by atoms with van der Waals surface area (Å²) < 4.78 is 5.33. The lowest BCUT2D eigenvalue weighted by Gasteiger charge is -2.10. The molecule has 0 fully saturated rings. The zero-order valence-electron chi connectivity index (χ0n) is 29.3. The Balaban J connectivity index is 3.35. The Morgan fingerprint density at radius 2 is 0.837 bits per heavy atom. The standard InChI is InChI=1S/C40H76O3/c1-3-5-7-9-11-13-15-17-19-20-22-24-26-28-30-32-34-36-40(42)43-38-37-39(41)35-33-31-29-27-25-23-21-18-16-14-12-10-8-6-4-2/h18,21,30,32,39,41H,3-17,19-20,22-29,31,33-38H2,1-2H3/b21-18-,32-30-/t39-/m1/s1. The van der Waals surface area contributed by atoms with E-state index in [-0.39, 0.29) is 12.1 Å². The molecule has 0 radical (unpaired) electrons. The Morgan fingerprint density at radius 3 is 1.26 bits per heavy atom. The molecule has 0 aliphatic carbocycles. The normalized spacial score (nSPS) is 12.5. The van der Waals surface area contributed by atoms with Gasteiger partial charge in [-0.25, -0.2) is 0 Å². The molecular weight excluding hydrogens is 528 g/mol. The zero-order valence-corrected chi connectivity index (χ0v) is 29.3. The highest BCUT2D eigenvalue weighted by atomic mass is 16.5. The summed E-state index contributed by atoms with van der Waals surface area (Å²) in [6.45, 7) is 4.90. The quantitative estimate of drug-likeness (QED) is 0.0444. The van der Waals surface area contributed by atoms with Crippen LogP contribution in [0.4, 0.5) is 0 Å². The van der Waals surface area contributed by atoms with E-state index in [1.54, 1.807) is 0 Å². The Kier molecular flexibility index (Phi) is 36.2. The van der Waals surface area contributed by atoms with Crippen LogP contribution in [0.3, 0.4) is 0 Å². The molecule has 43 heavy (non-hydrogen) atoms. The maximum Gasteiger partial charge on any atom is 0.306 e. The number of rotatable bonds is 35. The third kappa shape index (κ3) is 37.0. The third-order valence-electron chi connectivity index (χ3n) is 8.67. The van der Waals surface area contributed by atoms with Gasteiger partial charge in [0.2, 0.25) is 0 Å². The van der Waals surface area contributed by atoms with E-state index >= 15 is 0 Å². The van der Waals surface area contributed by atoms with Crippen LogP contribution in [0.2, 0.25) is 0 Å². The molecule has 1 N–H and O–H groups in total. The van der Waals surface area contributed by atoms with Gasteiger partial charge in [0.25, 0.3) is 0 Å². The molecule has 0 rings (SSSR count). The molecule has 1 atom stereocenters. The summed E-state index contributed by atoms with van der Waals surface area (Å²) >= 11 is 0. The highest BCUT2D eigenvalue weighted by Crippen LogP contribution is 2.14. The summed E-state index contributed by atoms with van der Waals surface area (Å²) in [5.74, 6) is -0.140. The molecule has 0 saturated carbocycles. The van der Waals surface area contributed by atoms with Gasteiger partial charge in [0.05, 0.1) is 12.7 Å². The summed E-state index contributed by atoms with van der Waals surface area (Å²) in [4.78, 5) is 11.9. The van der Waals surface area contributed by atoms with Gasteiger partial charge in [0.15, 0.2) is 0 Å². The van der Waals surface area contributed by atoms with Crippen LogP contribution in [0.15, 0.2) is 24.3 Å². The third-order valence-corrected chi connectivity index (χ3v) is 8.67. The van der Waals surface area contributed by atoms with Gasteiger partial charge in [0, 0.05) is 12.8 Å². The molecule has 3 heteroatoms. The van der Waals surface area contributed by atoms with Crippen LogP contribution in [0.5, 0.6) is 0 Å². The van der Waals surface area contributed by atoms with Crippen molar-refractivity contribution in [2.45, 2.75) is 219 Å². The van der Waals surface area contributed by atoms with E-state index in [0.29, 0.717) is 19.4 Å². The van der Waals surface area contributed by atoms with Gasteiger partial charge in [-0.1, -0.05) is 173 Å². The van der Waals surface area contributed by atoms with Gasteiger partial charge in [-0.15, -0.1) is 0 Å². The molecule has 254 valence electrons. The highest BCUT2D eigenvalue weighted by molar-refractivity contribution is 5.69. The maximum atomic E-state index is 11.9. The summed E-state index contributed by atoms with van der Waals surface area (Å²) in [7, 11) is 0. The molecule has 0 bridgehead atoms. The van der Waals surface area contributed by atoms with E-state index in [1.807, 2.05) is 0 Å². The molecule has 0 aromatic heterocycles. The van der Waals surface area contributed by atoms with Crippen molar-refractivity contribution in [3.63, 3.8) is 0 Å². The van der Waals surface area contributed by atoms with Crippen molar-refractivity contribution < 1.29 is 14.6 Å². The number of aliphatic hydroxyl groups is 1. The Bertz CT molecular complexity index is 597. The average Bonchev–Trinajstić information content (AvgIpc) is 3.00. The second-order valence-corrected chi connectivity index (χ2v) is 13.1. The smallest absolute Gasteiger partial charge is 0.306 e. The van der Waals surface area contributed by atoms with Gasteiger partial charge < -0.3 is 9.84 Å². The monoisotopic (exact) mass is 605 g/mol. The number of esters is 1. The van der Waals surface area contributed by atoms with E-state index in [1.165, 1.54) is 161 Å². The lowest BCUT2D eigenvalue weighted by molar-refractivity contribution is -0.144. The van der Waals surface area contributed by atoms with Crippen molar-refractivity contribution in [2.24, 2.45) is 0 Å². The van der Waals surface area contributed by atoms with Crippen molar-refractivity contribution in [3.05, 3.63) is 24.3 Å². The molecule has 0 spiro atoms. The van der Waals surface area contributed by atoms with Gasteiger partial charge in [-0.2, -0.15) is 0 Å². The average molecular weight is 605 g/mol. The Hall–Kier alpha value is -1.09. The molecule has 0 aliphatic rings. The minimum atomic E-state index is -0.349. The summed E-state index contributed by atoms with van der Waals surface area (Å²) in [5.41, 5.74) is 0. The van der Waals surface area contributed by atoms with E-state index in [4.69, 9.17) is 4.74 Å². The first-order valence-electron chi connectivity index (χ1n) is 19.3. The minimum absolute atomic E-state index is 0.140. The number of aliphatic hydroxyl groups excluding tert-OH is 1. The van der Waals surface area contributed by atoms with Gasteiger partial charge in [0.1, 0.15) is 0 Å². The highest BCUT2D eigenvalue weighted by Gasteiger charge is 2.07. The second-order valence-electron chi connectivity index (χ2n) is 13.1. The molecular formula is C40H76O3. The topological polar surface area (TPSA) is 46.5 Å². The van der Waals surface area contributed by atoms with E-state index in [0.717, 1.165) is 25.7 Å². The first-order valence-corrected chi connectivity index (χ1v) is 19.3. The molecule has 0 aliphatic heterocycles. The number of hydrogen-bond donors (Lipinski definition) is 1. The number of allylic oxidation sites excluding steroid dienone is 4.